The molecule has 6 heteroatoms. The fourth-order valence-corrected chi connectivity index (χ4v) is 2.17. The summed E-state index contributed by atoms with van der Waals surface area (Å²) in [5.74, 6) is -0.923. The van der Waals surface area contributed by atoms with Gasteiger partial charge in [-0.05, 0) is 18.6 Å². The maximum Gasteiger partial charge on any atom is 0.328 e. The second kappa shape index (κ2) is 4.46. The summed E-state index contributed by atoms with van der Waals surface area (Å²) in [6, 6.07) is 6.58. The minimum atomic E-state index is -0.660. The Morgan fingerprint density at radius 2 is 2.05 bits per heavy atom. The molecule has 1 aromatic carbocycles. The lowest BCUT2D eigenvalue weighted by atomic mass is 10.0. The van der Waals surface area contributed by atoms with Crippen LogP contribution in [0, 0.1) is 5.95 Å². The third kappa shape index (κ3) is 1.89. The number of esters is 1. The molecule has 0 spiro atoms. The van der Waals surface area contributed by atoms with Gasteiger partial charge in [-0.15, -0.1) is 0 Å². The number of para-hydroxylation sites is 2. The summed E-state index contributed by atoms with van der Waals surface area (Å²) in [7, 11) is 1.32. The van der Waals surface area contributed by atoms with Gasteiger partial charge in [0, 0.05) is 6.54 Å². The molecule has 1 fully saturated rings. The Kier molecular flexibility index (Phi) is 2.77. The molecule has 0 amide bonds. The number of hydrogen-bond acceptors (Lipinski definition) is 5. The zero-order chi connectivity index (χ0) is 13.4. The number of hydrogen-bond donors (Lipinski definition) is 0. The maximum atomic E-state index is 14.0. The quantitative estimate of drug-likeness (QED) is 0.767. The first-order valence-electron chi connectivity index (χ1n) is 5.97. The largest absolute Gasteiger partial charge is 0.467 e. The van der Waals surface area contributed by atoms with Crippen LogP contribution in [-0.4, -0.2) is 35.6 Å². The van der Waals surface area contributed by atoms with E-state index in [1.54, 1.807) is 23.1 Å². The Morgan fingerprint density at radius 1 is 1.37 bits per heavy atom. The van der Waals surface area contributed by atoms with Crippen molar-refractivity contribution in [3.8, 4) is 0 Å². The minimum absolute atomic E-state index is 0.111. The number of ether oxygens (including phenoxy) is 1. The van der Waals surface area contributed by atoms with Gasteiger partial charge in [0.2, 0.25) is 0 Å². The van der Waals surface area contributed by atoms with E-state index in [0.29, 0.717) is 24.0 Å². The number of carbonyl (C=O) groups excluding carboxylic acids is 1. The van der Waals surface area contributed by atoms with E-state index in [-0.39, 0.29) is 11.8 Å². The molecule has 0 bridgehead atoms. The van der Waals surface area contributed by atoms with Gasteiger partial charge >= 0.3 is 5.97 Å². The molecule has 0 N–H and O–H groups in total. The summed E-state index contributed by atoms with van der Waals surface area (Å²) in [4.78, 5) is 21.2. The number of methoxy groups -OCH3 is 1. The maximum absolute atomic E-state index is 14.0. The van der Waals surface area contributed by atoms with E-state index in [1.165, 1.54) is 7.11 Å². The predicted molar refractivity (Wildman–Crippen MR) is 67.3 cm³/mol. The molecule has 1 aliphatic rings. The zero-order valence-corrected chi connectivity index (χ0v) is 10.3. The van der Waals surface area contributed by atoms with E-state index in [2.05, 4.69) is 14.7 Å². The van der Waals surface area contributed by atoms with Gasteiger partial charge in [0.15, 0.2) is 5.82 Å². The van der Waals surface area contributed by atoms with E-state index >= 15 is 0 Å². The van der Waals surface area contributed by atoms with Crippen LogP contribution in [-0.2, 0) is 9.53 Å². The molecule has 2 heterocycles. The minimum Gasteiger partial charge on any atom is -0.467 e. The molecule has 1 unspecified atom stereocenters. The SMILES string of the molecule is COC(=O)C1CCN1c1nc2ccccc2nc1F. The zero-order valence-electron chi connectivity index (χ0n) is 10.3. The first-order valence-corrected chi connectivity index (χ1v) is 5.97. The number of fused-ring (bicyclic) bond motifs is 1. The summed E-state index contributed by atoms with van der Waals surface area (Å²) in [5, 5.41) is 0. The average molecular weight is 261 g/mol. The molecular formula is C13H12FN3O2. The predicted octanol–water partition coefficient (Wildman–Crippen LogP) is 1.52. The first-order chi connectivity index (χ1) is 9.20. The molecule has 1 aliphatic heterocycles. The fraction of sp³-hybridized carbons (Fsp3) is 0.308. The van der Waals surface area contributed by atoms with E-state index in [0.717, 1.165) is 0 Å². The molecule has 5 nitrogen and oxygen atoms in total. The van der Waals surface area contributed by atoms with Crippen LogP contribution < -0.4 is 4.90 Å². The highest BCUT2D eigenvalue weighted by Crippen LogP contribution is 2.28. The topological polar surface area (TPSA) is 55.3 Å². The van der Waals surface area contributed by atoms with Gasteiger partial charge in [-0.2, -0.15) is 4.39 Å². The summed E-state index contributed by atoms with van der Waals surface area (Å²) >= 11 is 0. The van der Waals surface area contributed by atoms with E-state index < -0.39 is 12.0 Å². The summed E-state index contributed by atoms with van der Waals surface area (Å²) in [6.45, 7) is 0.573. The highest BCUT2D eigenvalue weighted by atomic mass is 19.1. The third-order valence-corrected chi connectivity index (χ3v) is 3.28. The van der Waals surface area contributed by atoms with Gasteiger partial charge < -0.3 is 9.64 Å². The second-order valence-electron chi connectivity index (χ2n) is 4.35. The molecule has 2 aromatic rings. The van der Waals surface area contributed by atoms with Gasteiger partial charge in [-0.3, -0.25) is 0 Å². The Hall–Kier alpha value is -2.24. The third-order valence-electron chi connectivity index (χ3n) is 3.28. The smallest absolute Gasteiger partial charge is 0.328 e. The number of aromatic nitrogens is 2. The van der Waals surface area contributed by atoms with Crippen LogP contribution in [0.5, 0.6) is 0 Å². The first kappa shape index (κ1) is 11.8. The molecule has 3 rings (SSSR count). The molecule has 1 saturated heterocycles. The molecule has 0 aliphatic carbocycles. The van der Waals surface area contributed by atoms with E-state index in [1.807, 2.05) is 6.07 Å². The Morgan fingerprint density at radius 3 is 2.63 bits per heavy atom. The lowest BCUT2D eigenvalue weighted by Gasteiger charge is -2.39. The number of anilines is 1. The van der Waals surface area contributed by atoms with Gasteiger partial charge in [-0.1, -0.05) is 12.1 Å². The number of nitrogens with zero attached hydrogens (tertiary/aromatic N) is 3. The van der Waals surface area contributed by atoms with Crippen molar-refractivity contribution < 1.29 is 13.9 Å². The number of rotatable bonds is 2. The van der Waals surface area contributed by atoms with Crippen LogP contribution in [0.3, 0.4) is 0 Å². The number of benzene rings is 1. The molecule has 1 aromatic heterocycles. The van der Waals surface area contributed by atoms with Crippen LogP contribution >= 0.6 is 0 Å². The standard InChI is InChI=1S/C13H12FN3O2/c1-19-13(18)10-6-7-17(10)12-11(14)15-8-4-2-3-5-9(8)16-12/h2-5,10H,6-7H2,1H3. The molecule has 0 radical (unpaired) electrons. The Balaban J connectivity index is 2.01. The normalized spacial score (nSPS) is 18.2. The second-order valence-corrected chi connectivity index (χ2v) is 4.35. The van der Waals surface area contributed by atoms with Crippen LogP contribution in [0.15, 0.2) is 24.3 Å². The van der Waals surface area contributed by atoms with Crippen molar-refractivity contribution in [1.82, 2.24) is 9.97 Å². The lowest BCUT2D eigenvalue weighted by Crippen LogP contribution is -2.53. The van der Waals surface area contributed by atoms with Crippen LogP contribution in [0.1, 0.15) is 6.42 Å². The van der Waals surface area contributed by atoms with Gasteiger partial charge in [0.25, 0.3) is 5.95 Å². The van der Waals surface area contributed by atoms with Gasteiger partial charge in [-0.25, -0.2) is 14.8 Å². The summed E-state index contributed by atoms with van der Waals surface area (Å²) in [6.07, 6.45) is 0.640. The van der Waals surface area contributed by atoms with Crippen molar-refractivity contribution in [3.05, 3.63) is 30.2 Å². The summed E-state index contributed by atoms with van der Waals surface area (Å²) in [5.41, 5.74) is 1.10. The molecule has 19 heavy (non-hydrogen) atoms. The van der Waals surface area contributed by atoms with Crippen molar-refractivity contribution >= 4 is 22.8 Å². The fourth-order valence-electron chi connectivity index (χ4n) is 2.17. The van der Waals surface area contributed by atoms with Crippen LogP contribution in [0.2, 0.25) is 0 Å². The van der Waals surface area contributed by atoms with Gasteiger partial charge in [0.1, 0.15) is 6.04 Å². The Labute approximate surface area is 109 Å². The van der Waals surface area contributed by atoms with Crippen molar-refractivity contribution in [3.63, 3.8) is 0 Å². The number of carbonyl (C=O) groups is 1. The van der Waals surface area contributed by atoms with Crippen molar-refractivity contribution in [2.75, 3.05) is 18.6 Å². The lowest BCUT2D eigenvalue weighted by molar-refractivity contribution is -0.143. The highest BCUT2D eigenvalue weighted by molar-refractivity contribution is 5.82. The molecule has 1 atom stereocenters. The van der Waals surface area contributed by atoms with Crippen molar-refractivity contribution in [1.29, 1.82) is 0 Å². The van der Waals surface area contributed by atoms with Crippen LogP contribution in [0.4, 0.5) is 10.2 Å². The highest BCUT2D eigenvalue weighted by Gasteiger charge is 2.37. The number of halogens is 1. The van der Waals surface area contributed by atoms with Crippen molar-refractivity contribution in [2.45, 2.75) is 12.5 Å². The van der Waals surface area contributed by atoms with Gasteiger partial charge in [0.05, 0.1) is 18.1 Å². The molecular weight excluding hydrogens is 249 g/mol. The van der Waals surface area contributed by atoms with Crippen LogP contribution in [0.25, 0.3) is 11.0 Å². The average Bonchev–Trinajstić information content (AvgIpc) is 2.38. The summed E-state index contributed by atoms with van der Waals surface area (Å²) < 4.78 is 18.6. The van der Waals surface area contributed by atoms with E-state index in [9.17, 15) is 9.18 Å². The molecule has 0 saturated carbocycles. The van der Waals surface area contributed by atoms with Crippen molar-refractivity contribution in [2.24, 2.45) is 0 Å². The Bertz CT molecular complexity index is 647. The van der Waals surface area contributed by atoms with E-state index in [4.69, 9.17) is 0 Å². The monoisotopic (exact) mass is 261 g/mol. The molecule has 98 valence electrons.